The molecule has 0 amide bonds. The zero-order chi connectivity index (χ0) is 12.4. The summed E-state index contributed by atoms with van der Waals surface area (Å²) in [6.45, 7) is 8.69. The van der Waals surface area contributed by atoms with E-state index in [2.05, 4.69) is 32.2 Å². The molecule has 1 aliphatic carbocycles. The fraction of sp³-hybridized carbons (Fsp3) is 0.733. The van der Waals surface area contributed by atoms with Crippen molar-refractivity contribution in [3.05, 3.63) is 23.2 Å². The van der Waals surface area contributed by atoms with Crippen molar-refractivity contribution in [1.29, 1.82) is 0 Å². The highest BCUT2D eigenvalue weighted by atomic mass is 16.3. The molecule has 2 nitrogen and oxygen atoms in total. The summed E-state index contributed by atoms with van der Waals surface area (Å²) in [6, 6.07) is 3.26. The minimum absolute atomic E-state index is 0.408. The van der Waals surface area contributed by atoms with Gasteiger partial charge in [0.1, 0.15) is 11.5 Å². The Hall–Kier alpha value is -0.760. The molecular weight excluding hydrogens is 210 g/mol. The van der Waals surface area contributed by atoms with Crippen LogP contribution in [-0.4, -0.2) is 6.04 Å². The molecule has 0 aromatic carbocycles. The maximum atomic E-state index is 5.60. The third-order valence-corrected chi connectivity index (χ3v) is 4.05. The van der Waals surface area contributed by atoms with E-state index < -0.39 is 0 Å². The van der Waals surface area contributed by atoms with Gasteiger partial charge < -0.3 is 9.73 Å². The highest BCUT2D eigenvalue weighted by Gasteiger charge is 2.21. The normalized spacial score (nSPS) is 27.1. The lowest BCUT2D eigenvalue weighted by Gasteiger charge is -2.29. The van der Waals surface area contributed by atoms with Gasteiger partial charge in [-0.2, -0.15) is 0 Å². The second-order valence-electron chi connectivity index (χ2n) is 5.71. The minimum Gasteiger partial charge on any atom is -0.466 e. The first-order valence-electron chi connectivity index (χ1n) is 6.89. The second kappa shape index (κ2) is 5.26. The zero-order valence-corrected chi connectivity index (χ0v) is 11.5. The molecular formula is C15H25NO. The molecule has 1 saturated carbocycles. The van der Waals surface area contributed by atoms with Crippen molar-refractivity contribution in [2.75, 3.05) is 0 Å². The fourth-order valence-corrected chi connectivity index (χ4v) is 2.95. The lowest BCUT2D eigenvalue weighted by molar-refractivity contribution is 0.291. The van der Waals surface area contributed by atoms with Crippen LogP contribution in [0.4, 0.5) is 0 Å². The summed E-state index contributed by atoms with van der Waals surface area (Å²) in [6.07, 6.45) is 5.38. The fourth-order valence-electron chi connectivity index (χ4n) is 2.95. The van der Waals surface area contributed by atoms with Gasteiger partial charge in [0.05, 0.1) is 0 Å². The lowest BCUT2D eigenvalue weighted by Crippen LogP contribution is -2.34. The molecule has 1 unspecified atom stereocenters. The molecule has 96 valence electrons. The van der Waals surface area contributed by atoms with Gasteiger partial charge in [-0.05, 0) is 58.4 Å². The molecule has 1 N–H and O–H groups in total. The molecule has 2 rings (SSSR count). The van der Waals surface area contributed by atoms with E-state index in [1.165, 1.54) is 31.2 Å². The summed E-state index contributed by atoms with van der Waals surface area (Å²) in [5.74, 6) is 3.00. The molecule has 0 bridgehead atoms. The van der Waals surface area contributed by atoms with Gasteiger partial charge >= 0.3 is 0 Å². The average molecular weight is 235 g/mol. The number of aryl methyl sites for hydroxylation is 2. The van der Waals surface area contributed by atoms with Crippen LogP contribution in [0.25, 0.3) is 0 Å². The molecule has 1 atom stereocenters. The lowest BCUT2D eigenvalue weighted by atomic mass is 9.87. The van der Waals surface area contributed by atoms with Crippen molar-refractivity contribution in [2.24, 2.45) is 5.92 Å². The number of hydrogen-bond donors (Lipinski definition) is 1. The van der Waals surface area contributed by atoms with E-state index in [0.717, 1.165) is 17.4 Å². The van der Waals surface area contributed by atoms with Crippen molar-refractivity contribution in [2.45, 2.75) is 65.5 Å². The van der Waals surface area contributed by atoms with Gasteiger partial charge in [-0.15, -0.1) is 0 Å². The summed E-state index contributed by atoms with van der Waals surface area (Å²) in [5.41, 5.74) is 1.32. The summed E-state index contributed by atoms with van der Waals surface area (Å²) in [5, 5.41) is 3.75. The SMILES string of the molecule is Cc1cc(C(C)NC2CCC(C)CC2)c(C)o1. The Morgan fingerprint density at radius 1 is 1.24 bits per heavy atom. The topological polar surface area (TPSA) is 25.2 Å². The van der Waals surface area contributed by atoms with Crippen LogP contribution in [0.1, 0.15) is 62.7 Å². The van der Waals surface area contributed by atoms with Crippen LogP contribution in [0.2, 0.25) is 0 Å². The van der Waals surface area contributed by atoms with Crippen LogP contribution in [0, 0.1) is 19.8 Å². The summed E-state index contributed by atoms with van der Waals surface area (Å²) in [7, 11) is 0. The maximum Gasteiger partial charge on any atom is 0.105 e. The van der Waals surface area contributed by atoms with Crippen LogP contribution in [-0.2, 0) is 0 Å². The zero-order valence-electron chi connectivity index (χ0n) is 11.5. The van der Waals surface area contributed by atoms with Crippen molar-refractivity contribution in [1.82, 2.24) is 5.32 Å². The number of nitrogens with one attached hydrogen (secondary N) is 1. The quantitative estimate of drug-likeness (QED) is 0.852. The predicted octanol–water partition coefficient (Wildman–Crippen LogP) is 4.13. The van der Waals surface area contributed by atoms with E-state index in [9.17, 15) is 0 Å². The Kier molecular flexibility index (Phi) is 3.93. The Labute approximate surface area is 105 Å². The summed E-state index contributed by atoms with van der Waals surface area (Å²) >= 11 is 0. The first-order chi connectivity index (χ1) is 8.06. The van der Waals surface area contributed by atoms with Crippen LogP contribution in [0.3, 0.4) is 0 Å². The number of rotatable bonds is 3. The van der Waals surface area contributed by atoms with Crippen molar-refractivity contribution >= 4 is 0 Å². The van der Waals surface area contributed by atoms with Crippen LogP contribution in [0.15, 0.2) is 10.5 Å². The molecule has 1 aliphatic rings. The van der Waals surface area contributed by atoms with Gasteiger partial charge in [0, 0.05) is 17.6 Å². The van der Waals surface area contributed by atoms with Gasteiger partial charge in [-0.3, -0.25) is 0 Å². The Morgan fingerprint density at radius 2 is 1.88 bits per heavy atom. The Morgan fingerprint density at radius 3 is 2.41 bits per heavy atom. The predicted molar refractivity (Wildman–Crippen MR) is 71.2 cm³/mol. The molecule has 0 saturated heterocycles. The smallest absolute Gasteiger partial charge is 0.105 e. The summed E-state index contributed by atoms with van der Waals surface area (Å²) < 4.78 is 5.60. The van der Waals surface area contributed by atoms with Gasteiger partial charge in [0.25, 0.3) is 0 Å². The molecule has 2 heteroatoms. The van der Waals surface area contributed by atoms with E-state index >= 15 is 0 Å². The van der Waals surface area contributed by atoms with Gasteiger partial charge in [0.15, 0.2) is 0 Å². The van der Waals surface area contributed by atoms with E-state index in [4.69, 9.17) is 4.42 Å². The highest BCUT2D eigenvalue weighted by Crippen LogP contribution is 2.27. The number of furan rings is 1. The largest absolute Gasteiger partial charge is 0.466 e. The van der Waals surface area contributed by atoms with Crippen molar-refractivity contribution < 1.29 is 4.42 Å². The maximum absolute atomic E-state index is 5.60. The standard InChI is InChI=1S/C15H25NO/c1-10-5-7-14(8-6-10)16-12(3)15-9-11(2)17-13(15)4/h9-10,12,14,16H,5-8H2,1-4H3. The third kappa shape index (κ3) is 3.12. The van der Waals surface area contributed by atoms with Crippen molar-refractivity contribution in [3.8, 4) is 0 Å². The van der Waals surface area contributed by atoms with Gasteiger partial charge in [-0.1, -0.05) is 6.92 Å². The minimum atomic E-state index is 0.408. The molecule has 0 aliphatic heterocycles. The van der Waals surface area contributed by atoms with Crippen molar-refractivity contribution in [3.63, 3.8) is 0 Å². The van der Waals surface area contributed by atoms with Gasteiger partial charge in [0.2, 0.25) is 0 Å². The molecule has 17 heavy (non-hydrogen) atoms. The van der Waals surface area contributed by atoms with Gasteiger partial charge in [-0.25, -0.2) is 0 Å². The molecule has 1 aromatic rings. The summed E-state index contributed by atoms with van der Waals surface area (Å²) in [4.78, 5) is 0. The average Bonchev–Trinajstić information content (AvgIpc) is 2.61. The Bertz CT molecular complexity index is 361. The molecule has 1 heterocycles. The van der Waals surface area contributed by atoms with E-state index in [1.807, 2.05) is 6.92 Å². The third-order valence-electron chi connectivity index (χ3n) is 4.05. The second-order valence-corrected chi connectivity index (χ2v) is 5.71. The van der Waals surface area contributed by atoms with Crippen LogP contribution < -0.4 is 5.32 Å². The first-order valence-corrected chi connectivity index (χ1v) is 6.89. The molecule has 1 aromatic heterocycles. The highest BCUT2D eigenvalue weighted by molar-refractivity contribution is 5.23. The monoisotopic (exact) mass is 235 g/mol. The van der Waals surface area contributed by atoms with E-state index in [-0.39, 0.29) is 0 Å². The van der Waals surface area contributed by atoms with E-state index in [0.29, 0.717) is 12.1 Å². The number of hydrogen-bond acceptors (Lipinski definition) is 2. The Balaban J connectivity index is 1.93. The van der Waals surface area contributed by atoms with Crippen LogP contribution in [0.5, 0.6) is 0 Å². The van der Waals surface area contributed by atoms with Crippen LogP contribution >= 0.6 is 0 Å². The molecule has 0 spiro atoms. The molecule has 0 radical (unpaired) electrons. The first kappa shape index (κ1) is 12.7. The molecule has 1 fully saturated rings. The van der Waals surface area contributed by atoms with E-state index in [1.54, 1.807) is 0 Å².